The maximum atomic E-state index is 13.4. The molecule has 154 valence electrons. The Labute approximate surface area is 164 Å². The summed E-state index contributed by atoms with van der Waals surface area (Å²) >= 11 is 0. The number of carbonyl (C=O) groups is 2. The summed E-state index contributed by atoms with van der Waals surface area (Å²) in [7, 11) is 1.48. The number of aliphatic hydroxyl groups excluding tert-OH is 1. The van der Waals surface area contributed by atoms with Gasteiger partial charge < -0.3 is 15.2 Å². The largest absolute Gasteiger partial charge is 0.417 e. The summed E-state index contributed by atoms with van der Waals surface area (Å²) in [6.07, 6.45) is -5.75. The molecule has 3 aliphatic heterocycles. The van der Waals surface area contributed by atoms with Crippen LogP contribution in [-0.4, -0.2) is 46.8 Å². The summed E-state index contributed by atoms with van der Waals surface area (Å²) in [6.45, 7) is 3.13. The van der Waals surface area contributed by atoms with Gasteiger partial charge in [-0.1, -0.05) is 0 Å². The summed E-state index contributed by atoms with van der Waals surface area (Å²) in [5, 5.41) is 22.3. The van der Waals surface area contributed by atoms with E-state index < -0.39 is 57.9 Å². The number of rotatable bonds is 2. The quantitative estimate of drug-likeness (QED) is 0.715. The number of nitrogens with zero attached hydrogens (tertiary/aromatic N) is 2. The summed E-state index contributed by atoms with van der Waals surface area (Å²) in [6, 6.07) is 4.17. The van der Waals surface area contributed by atoms with Crippen molar-refractivity contribution in [3.05, 3.63) is 29.3 Å². The first-order chi connectivity index (χ1) is 13.4. The number of hydrogen-bond donors (Lipinski definition) is 2. The molecule has 2 amide bonds. The number of aliphatic hydroxyl groups is 1. The molecule has 3 aliphatic rings. The van der Waals surface area contributed by atoms with Crippen LogP contribution < -0.4 is 10.2 Å². The molecule has 0 aromatic heterocycles. The molecule has 3 saturated heterocycles. The van der Waals surface area contributed by atoms with Crippen LogP contribution in [0.2, 0.25) is 0 Å². The summed E-state index contributed by atoms with van der Waals surface area (Å²) < 4.78 is 46.1. The van der Waals surface area contributed by atoms with Gasteiger partial charge in [0.25, 0.3) is 5.91 Å². The van der Waals surface area contributed by atoms with E-state index in [1.165, 1.54) is 20.0 Å². The first kappa shape index (κ1) is 19.8. The molecule has 2 N–H and O–H groups in total. The van der Waals surface area contributed by atoms with Crippen molar-refractivity contribution in [1.82, 2.24) is 5.32 Å². The summed E-state index contributed by atoms with van der Waals surface area (Å²) in [5.41, 5.74) is -6.23. The van der Waals surface area contributed by atoms with Crippen LogP contribution in [0.25, 0.3) is 0 Å². The molecule has 29 heavy (non-hydrogen) atoms. The zero-order chi connectivity index (χ0) is 21.6. The second-order valence-electron chi connectivity index (χ2n) is 8.05. The van der Waals surface area contributed by atoms with Gasteiger partial charge in [-0.25, -0.2) is 4.90 Å². The number of fused-ring (bicyclic) bond motifs is 5. The Morgan fingerprint density at radius 3 is 2.55 bits per heavy atom. The number of imide groups is 1. The van der Waals surface area contributed by atoms with Crippen LogP contribution >= 0.6 is 0 Å². The molecule has 5 atom stereocenters. The average Bonchev–Trinajstić information content (AvgIpc) is 3.11. The summed E-state index contributed by atoms with van der Waals surface area (Å²) in [5.74, 6) is -2.62. The average molecular weight is 409 g/mol. The highest BCUT2D eigenvalue weighted by Gasteiger charge is 2.83. The van der Waals surface area contributed by atoms with Gasteiger partial charge in [-0.2, -0.15) is 18.4 Å². The monoisotopic (exact) mass is 409 g/mol. The standard InChI is InChI=1S/C19H18F3N3O4/c1-16-7-12(26)17(2,29-16)13-14(27)25(15(28)18(13,16)24-3)10-5-4-9(8-23)11(6-10)19(20,21)22/h4-6,12-13,24,26H,7H2,1-3H3/t12-,13?,16?,17?,18+/m1/s1. The molecule has 0 saturated carbocycles. The number of carbonyl (C=O) groups excluding carboxylic acids is 2. The van der Waals surface area contributed by atoms with E-state index in [-0.39, 0.29) is 12.1 Å². The van der Waals surface area contributed by atoms with E-state index in [2.05, 4.69) is 5.32 Å². The van der Waals surface area contributed by atoms with Gasteiger partial charge in [0.1, 0.15) is 17.1 Å². The lowest BCUT2D eigenvalue weighted by Crippen LogP contribution is -2.68. The van der Waals surface area contributed by atoms with E-state index in [4.69, 9.17) is 10.00 Å². The number of amides is 2. The number of likely N-dealkylation sites (N-methyl/N-ethyl adjacent to an activating group) is 1. The molecule has 7 nitrogen and oxygen atoms in total. The van der Waals surface area contributed by atoms with E-state index in [1.54, 1.807) is 6.92 Å². The maximum Gasteiger partial charge on any atom is 0.417 e. The highest BCUT2D eigenvalue weighted by Crippen LogP contribution is 2.63. The van der Waals surface area contributed by atoms with Crippen molar-refractivity contribution in [2.24, 2.45) is 5.92 Å². The number of anilines is 1. The Morgan fingerprint density at radius 2 is 2.00 bits per heavy atom. The molecule has 3 fully saturated rings. The fourth-order valence-corrected chi connectivity index (χ4v) is 5.34. The van der Waals surface area contributed by atoms with Crippen LogP contribution in [0.4, 0.5) is 18.9 Å². The van der Waals surface area contributed by atoms with Crippen molar-refractivity contribution in [3.8, 4) is 6.07 Å². The van der Waals surface area contributed by atoms with Crippen molar-refractivity contribution >= 4 is 17.5 Å². The van der Waals surface area contributed by atoms with E-state index in [0.717, 1.165) is 12.1 Å². The summed E-state index contributed by atoms with van der Waals surface area (Å²) in [4.78, 5) is 27.4. The number of nitriles is 1. The van der Waals surface area contributed by atoms with Crippen molar-refractivity contribution in [3.63, 3.8) is 0 Å². The number of benzene rings is 1. The minimum Gasteiger partial charge on any atom is -0.390 e. The van der Waals surface area contributed by atoms with Crippen LogP contribution in [0.3, 0.4) is 0 Å². The van der Waals surface area contributed by atoms with Crippen LogP contribution in [0.1, 0.15) is 31.4 Å². The Balaban J connectivity index is 1.89. The molecule has 0 aliphatic carbocycles. The Bertz CT molecular complexity index is 990. The molecule has 10 heteroatoms. The number of halogens is 3. The third-order valence-electron chi connectivity index (χ3n) is 6.62. The van der Waals surface area contributed by atoms with Crippen LogP contribution in [-0.2, 0) is 20.5 Å². The van der Waals surface area contributed by atoms with Gasteiger partial charge in [-0.3, -0.25) is 9.59 Å². The molecule has 0 radical (unpaired) electrons. The number of alkyl halides is 3. The van der Waals surface area contributed by atoms with E-state index >= 15 is 0 Å². The highest BCUT2D eigenvalue weighted by atomic mass is 19.4. The van der Waals surface area contributed by atoms with Crippen LogP contribution in [0.5, 0.6) is 0 Å². The third kappa shape index (κ3) is 2.12. The molecule has 0 spiro atoms. The zero-order valence-electron chi connectivity index (χ0n) is 15.8. The van der Waals surface area contributed by atoms with Gasteiger partial charge in [0.2, 0.25) is 5.91 Å². The van der Waals surface area contributed by atoms with Crippen LogP contribution in [0, 0.1) is 17.2 Å². The van der Waals surface area contributed by atoms with Gasteiger partial charge in [0.05, 0.1) is 34.6 Å². The van der Waals surface area contributed by atoms with Crippen molar-refractivity contribution in [1.29, 1.82) is 5.26 Å². The zero-order valence-corrected chi connectivity index (χ0v) is 15.8. The van der Waals surface area contributed by atoms with Crippen molar-refractivity contribution < 1.29 is 32.6 Å². The van der Waals surface area contributed by atoms with E-state index in [0.29, 0.717) is 11.0 Å². The SMILES string of the molecule is CN[C@]12C(=O)N(c3ccc(C#N)c(C(F)(F)F)c3)C(=O)C1C1(C)OC2(C)C[C@H]1O. The molecule has 1 aromatic rings. The predicted octanol–water partition coefficient (Wildman–Crippen LogP) is 1.34. The molecule has 3 unspecified atom stereocenters. The molecular formula is C19H18F3N3O4. The number of hydrogen-bond acceptors (Lipinski definition) is 6. The van der Waals surface area contributed by atoms with Gasteiger partial charge >= 0.3 is 6.18 Å². The molecule has 1 aromatic carbocycles. The van der Waals surface area contributed by atoms with E-state index in [1.807, 2.05) is 0 Å². The fraction of sp³-hybridized carbons (Fsp3) is 0.526. The Hall–Kier alpha value is -2.48. The second kappa shape index (κ2) is 5.56. The Kier molecular flexibility index (Phi) is 3.80. The van der Waals surface area contributed by atoms with Gasteiger partial charge in [-0.15, -0.1) is 0 Å². The topological polar surface area (TPSA) is 103 Å². The lowest BCUT2D eigenvalue weighted by molar-refractivity contribution is -0.138. The molecule has 2 bridgehead atoms. The highest BCUT2D eigenvalue weighted by molar-refractivity contribution is 6.27. The van der Waals surface area contributed by atoms with Crippen molar-refractivity contribution in [2.45, 2.75) is 49.3 Å². The number of ether oxygens (including phenoxy) is 1. The van der Waals surface area contributed by atoms with E-state index in [9.17, 15) is 27.9 Å². The first-order valence-electron chi connectivity index (χ1n) is 8.94. The molecule has 4 rings (SSSR count). The lowest BCUT2D eigenvalue weighted by atomic mass is 9.62. The lowest BCUT2D eigenvalue weighted by Gasteiger charge is -2.42. The first-order valence-corrected chi connectivity index (χ1v) is 8.94. The third-order valence-corrected chi connectivity index (χ3v) is 6.62. The minimum absolute atomic E-state index is 0.0921. The fourth-order valence-electron chi connectivity index (χ4n) is 5.34. The second-order valence-corrected chi connectivity index (χ2v) is 8.05. The molecular weight excluding hydrogens is 391 g/mol. The van der Waals surface area contributed by atoms with Crippen molar-refractivity contribution in [2.75, 3.05) is 11.9 Å². The van der Waals surface area contributed by atoms with Crippen LogP contribution in [0.15, 0.2) is 18.2 Å². The normalized spacial score (nSPS) is 38.5. The predicted molar refractivity (Wildman–Crippen MR) is 92.5 cm³/mol. The van der Waals surface area contributed by atoms with Gasteiger partial charge in [-0.05, 0) is 39.1 Å². The number of nitrogens with one attached hydrogen (secondary N) is 1. The minimum atomic E-state index is -4.83. The smallest absolute Gasteiger partial charge is 0.390 e. The van der Waals surface area contributed by atoms with Gasteiger partial charge in [0, 0.05) is 6.42 Å². The Morgan fingerprint density at radius 1 is 1.34 bits per heavy atom. The molecule has 3 heterocycles. The maximum absolute atomic E-state index is 13.4. The van der Waals surface area contributed by atoms with Gasteiger partial charge in [0.15, 0.2) is 0 Å².